The van der Waals surface area contributed by atoms with Crippen LogP contribution in [0, 0.1) is 5.92 Å². The molecule has 0 aromatic carbocycles. The van der Waals surface area contributed by atoms with Gasteiger partial charge in [-0.05, 0) is 19.8 Å². The number of nitrogens with zero attached hydrogens (tertiary/aromatic N) is 3. The molecule has 2 rings (SSSR count). The third kappa shape index (κ3) is 4.26. The largest absolute Gasteiger partial charge is 0.370 e. The van der Waals surface area contributed by atoms with Crippen LogP contribution in [0.4, 0.5) is 0 Å². The summed E-state index contributed by atoms with van der Waals surface area (Å²) in [6, 6.07) is 0.494. The summed E-state index contributed by atoms with van der Waals surface area (Å²) in [6.07, 6.45) is -0.115. The average Bonchev–Trinajstić information content (AvgIpc) is 2.87. The van der Waals surface area contributed by atoms with Gasteiger partial charge in [0.05, 0.1) is 6.54 Å². The van der Waals surface area contributed by atoms with Gasteiger partial charge >= 0.3 is 0 Å². The van der Waals surface area contributed by atoms with Gasteiger partial charge in [-0.1, -0.05) is 19.0 Å². The summed E-state index contributed by atoms with van der Waals surface area (Å²) in [6.45, 7) is 12.9. The number of piperazine rings is 1. The number of nitrogens with one attached hydrogen (secondary N) is 1. The highest BCUT2D eigenvalue weighted by molar-refractivity contribution is 4.91. The predicted octanol–water partition coefficient (Wildman–Crippen LogP) is 1.60. The minimum Gasteiger partial charge on any atom is -0.370 e. The standard InChI is InChI=1S/C14H26N4O2/c1-10(2)9-19-12(4)14-16-13(20-17-14)8-18-6-5-15-7-11(18)3/h10-12,15H,5-9H2,1-4H3/t11-,12?/m0/s1. The Morgan fingerprint density at radius 3 is 2.95 bits per heavy atom. The van der Waals surface area contributed by atoms with E-state index < -0.39 is 0 Å². The highest BCUT2D eigenvalue weighted by Gasteiger charge is 2.21. The highest BCUT2D eigenvalue weighted by atomic mass is 16.5. The zero-order valence-electron chi connectivity index (χ0n) is 12.9. The second-order valence-electron chi connectivity index (χ2n) is 5.94. The second-order valence-corrected chi connectivity index (χ2v) is 5.94. The summed E-state index contributed by atoms with van der Waals surface area (Å²) >= 11 is 0. The number of rotatable bonds is 6. The minimum atomic E-state index is -0.115. The molecule has 1 aliphatic heterocycles. The average molecular weight is 282 g/mol. The number of hydrogen-bond acceptors (Lipinski definition) is 6. The maximum absolute atomic E-state index is 5.71. The van der Waals surface area contributed by atoms with Crippen LogP contribution in [-0.4, -0.2) is 47.3 Å². The van der Waals surface area contributed by atoms with Gasteiger partial charge in [0.1, 0.15) is 6.10 Å². The molecule has 1 aromatic rings. The lowest BCUT2D eigenvalue weighted by Gasteiger charge is -2.32. The molecule has 1 saturated heterocycles. The highest BCUT2D eigenvalue weighted by Crippen LogP contribution is 2.16. The van der Waals surface area contributed by atoms with E-state index in [0.29, 0.717) is 36.8 Å². The molecule has 0 amide bonds. The Bertz CT molecular complexity index is 408. The van der Waals surface area contributed by atoms with Crippen molar-refractivity contribution in [2.75, 3.05) is 26.2 Å². The van der Waals surface area contributed by atoms with E-state index in [0.717, 1.165) is 19.6 Å². The Morgan fingerprint density at radius 1 is 1.45 bits per heavy atom. The van der Waals surface area contributed by atoms with Crippen LogP contribution < -0.4 is 5.32 Å². The van der Waals surface area contributed by atoms with Gasteiger partial charge in [0, 0.05) is 32.3 Å². The van der Waals surface area contributed by atoms with Crippen LogP contribution in [0.15, 0.2) is 4.52 Å². The summed E-state index contributed by atoms with van der Waals surface area (Å²) in [5, 5.41) is 7.40. The quantitative estimate of drug-likeness (QED) is 0.855. The number of ether oxygens (including phenoxy) is 1. The van der Waals surface area contributed by atoms with Gasteiger partial charge in [-0.25, -0.2) is 0 Å². The number of aromatic nitrogens is 2. The second kappa shape index (κ2) is 7.15. The zero-order valence-corrected chi connectivity index (χ0v) is 12.9. The fraction of sp³-hybridized carbons (Fsp3) is 0.857. The molecule has 1 fully saturated rings. The Balaban J connectivity index is 1.88. The number of hydrogen-bond donors (Lipinski definition) is 1. The van der Waals surface area contributed by atoms with E-state index in [1.54, 1.807) is 0 Å². The first kappa shape index (κ1) is 15.4. The Labute approximate surface area is 120 Å². The molecule has 2 atom stereocenters. The molecule has 1 N–H and O–H groups in total. The van der Waals surface area contributed by atoms with Crippen molar-refractivity contribution in [3.05, 3.63) is 11.7 Å². The summed E-state index contributed by atoms with van der Waals surface area (Å²) in [4.78, 5) is 6.81. The Kier molecular flexibility index (Phi) is 5.51. The van der Waals surface area contributed by atoms with E-state index in [-0.39, 0.29) is 6.10 Å². The van der Waals surface area contributed by atoms with Gasteiger partial charge in [-0.2, -0.15) is 4.98 Å². The molecule has 1 aromatic heterocycles. The van der Waals surface area contributed by atoms with Crippen molar-refractivity contribution < 1.29 is 9.26 Å². The summed E-state index contributed by atoms with van der Waals surface area (Å²) in [5.41, 5.74) is 0. The third-order valence-electron chi connectivity index (χ3n) is 3.50. The fourth-order valence-corrected chi connectivity index (χ4v) is 2.20. The molecule has 1 aliphatic rings. The third-order valence-corrected chi connectivity index (χ3v) is 3.50. The lowest BCUT2D eigenvalue weighted by atomic mass is 10.2. The van der Waals surface area contributed by atoms with E-state index in [9.17, 15) is 0 Å². The molecule has 0 saturated carbocycles. The van der Waals surface area contributed by atoms with Crippen molar-refractivity contribution in [1.82, 2.24) is 20.4 Å². The lowest BCUT2D eigenvalue weighted by Crippen LogP contribution is -2.49. The molecule has 0 bridgehead atoms. The Hall–Kier alpha value is -0.980. The van der Waals surface area contributed by atoms with Gasteiger partial charge in [0.25, 0.3) is 0 Å². The van der Waals surface area contributed by atoms with Gasteiger partial charge in [-0.15, -0.1) is 0 Å². The maximum atomic E-state index is 5.71. The summed E-state index contributed by atoms with van der Waals surface area (Å²) < 4.78 is 11.0. The molecule has 0 aliphatic carbocycles. The van der Waals surface area contributed by atoms with Gasteiger partial charge < -0.3 is 14.6 Å². The van der Waals surface area contributed by atoms with Crippen molar-refractivity contribution in [2.24, 2.45) is 5.92 Å². The topological polar surface area (TPSA) is 63.4 Å². The van der Waals surface area contributed by atoms with Gasteiger partial charge in [0.15, 0.2) is 5.82 Å². The molecule has 0 spiro atoms. The van der Waals surface area contributed by atoms with Crippen LogP contribution >= 0.6 is 0 Å². The van der Waals surface area contributed by atoms with Crippen LogP contribution in [0.3, 0.4) is 0 Å². The fourth-order valence-electron chi connectivity index (χ4n) is 2.20. The van der Waals surface area contributed by atoms with Crippen molar-refractivity contribution in [2.45, 2.75) is 46.4 Å². The SMILES string of the molecule is CC(C)COC(C)c1noc(CN2CCNC[C@@H]2C)n1. The van der Waals surface area contributed by atoms with Crippen molar-refractivity contribution in [1.29, 1.82) is 0 Å². The predicted molar refractivity (Wildman–Crippen MR) is 76.2 cm³/mol. The van der Waals surface area contributed by atoms with Gasteiger partial charge in [-0.3, -0.25) is 4.90 Å². The Morgan fingerprint density at radius 2 is 2.25 bits per heavy atom. The van der Waals surface area contributed by atoms with E-state index in [1.165, 1.54) is 0 Å². The lowest BCUT2D eigenvalue weighted by molar-refractivity contribution is 0.0402. The van der Waals surface area contributed by atoms with Crippen molar-refractivity contribution in [3.8, 4) is 0 Å². The molecule has 6 nitrogen and oxygen atoms in total. The van der Waals surface area contributed by atoms with Crippen LogP contribution in [0.2, 0.25) is 0 Å². The molecular weight excluding hydrogens is 256 g/mol. The zero-order chi connectivity index (χ0) is 14.5. The maximum Gasteiger partial charge on any atom is 0.240 e. The molecule has 114 valence electrons. The van der Waals surface area contributed by atoms with Crippen molar-refractivity contribution in [3.63, 3.8) is 0 Å². The first-order chi connectivity index (χ1) is 9.56. The van der Waals surface area contributed by atoms with E-state index >= 15 is 0 Å². The molecule has 6 heteroatoms. The van der Waals surface area contributed by atoms with Crippen LogP contribution in [0.1, 0.15) is 45.5 Å². The van der Waals surface area contributed by atoms with Crippen LogP contribution in [0.5, 0.6) is 0 Å². The van der Waals surface area contributed by atoms with E-state index in [1.807, 2.05) is 6.92 Å². The van der Waals surface area contributed by atoms with Crippen LogP contribution in [0.25, 0.3) is 0 Å². The van der Waals surface area contributed by atoms with Crippen LogP contribution in [-0.2, 0) is 11.3 Å². The first-order valence-electron chi connectivity index (χ1n) is 7.45. The van der Waals surface area contributed by atoms with Gasteiger partial charge in [0.2, 0.25) is 5.89 Å². The monoisotopic (exact) mass is 282 g/mol. The molecule has 2 heterocycles. The molecular formula is C14H26N4O2. The normalized spacial score (nSPS) is 22.4. The van der Waals surface area contributed by atoms with Crippen molar-refractivity contribution >= 4 is 0 Å². The summed E-state index contributed by atoms with van der Waals surface area (Å²) in [5.74, 6) is 1.82. The van der Waals surface area contributed by atoms with E-state index in [4.69, 9.17) is 9.26 Å². The molecule has 20 heavy (non-hydrogen) atoms. The molecule has 1 unspecified atom stereocenters. The minimum absolute atomic E-state index is 0.115. The smallest absolute Gasteiger partial charge is 0.240 e. The van der Waals surface area contributed by atoms with E-state index in [2.05, 4.69) is 41.1 Å². The molecule has 0 radical (unpaired) electrons. The summed E-state index contributed by atoms with van der Waals surface area (Å²) in [7, 11) is 0. The first-order valence-corrected chi connectivity index (χ1v) is 7.45.